The molecule has 2 atom stereocenters. The molecule has 0 fully saturated rings. The van der Waals surface area contributed by atoms with Crippen LogP contribution in [0.4, 0.5) is 0 Å². The first-order valence-electron chi connectivity index (χ1n) is 11.0. The van der Waals surface area contributed by atoms with Gasteiger partial charge in [-0.1, -0.05) is 29.5 Å². The molecule has 8 nitrogen and oxygen atoms in total. The number of nitriles is 1. The Hall–Kier alpha value is -2.81. The van der Waals surface area contributed by atoms with Gasteiger partial charge in [0, 0.05) is 22.5 Å². The topological polar surface area (TPSA) is 134 Å². The van der Waals surface area contributed by atoms with Crippen molar-refractivity contribution in [1.29, 1.82) is 5.26 Å². The Bertz CT molecular complexity index is 1350. The summed E-state index contributed by atoms with van der Waals surface area (Å²) in [6.45, 7) is 3.49. The minimum absolute atomic E-state index is 0.0252. The van der Waals surface area contributed by atoms with Crippen molar-refractivity contribution < 1.29 is 14.1 Å². The lowest BCUT2D eigenvalue weighted by molar-refractivity contribution is 0.242. The van der Waals surface area contributed by atoms with Crippen molar-refractivity contribution in [3.05, 3.63) is 53.1 Å². The van der Waals surface area contributed by atoms with E-state index in [1.807, 2.05) is 38.1 Å². The third-order valence-electron chi connectivity index (χ3n) is 5.52. The molecule has 0 saturated heterocycles. The summed E-state index contributed by atoms with van der Waals surface area (Å²) >= 11 is 1.46. The van der Waals surface area contributed by atoms with Crippen molar-refractivity contribution in [3.8, 4) is 33.0 Å². The van der Waals surface area contributed by atoms with Gasteiger partial charge in [-0.3, -0.25) is 0 Å². The van der Waals surface area contributed by atoms with Crippen molar-refractivity contribution >= 4 is 26.6 Å². The summed E-state index contributed by atoms with van der Waals surface area (Å²) in [5.41, 5.74) is 4.42. The van der Waals surface area contributed by atoms with E-state index in [0.717, 1.165) is 46.5 Å². The quantitative estimate of drug-likeness (QED) is 0.429. The van der Waals surface area contributed by atoms with Gasteiger partial charge in [0.2, 0.25) is 0 Å². The van der Waals surface area contributed by atoms with Crippen LogP contribution in [0.5, 0.6) is 5.75 Å². The second-order valence-electron chi connectivity index (χ2n) is 8.33. The summed E-state index contributed by atoms with van der Waals surface area (Å²) in [5.74, 6) is 0.552. The molecule has 1 aliphatic rings. The highest BCUT2D eigenvalue weighted by Gasteiger charge is 2.25. The summed E-state index contributed by atoms with van der Waals surface area (Å²) in [6, 6.07) is 13.5. The number of aliphatic hydroxyl groups excluding tert-OH is 1. The fourth-order valence-electron chi connectivity index (χ4n) is 4.11. The summed E-state index contributed by atoms with van der Waals surface area (Å²) in [5, 5.41) is 36.0. The fraction of sp³-hybridized carbons (Fsp3) is 0.333. The molecule has 0 aliphatic heterocycles. The van der Waals surface area contributed by atoms with E-state index in [-0.39, 0.29) is 18.8 Å². The maximum absolute atomic E-state index is 12.5. The predicted octanol–water partition coefficient (Wildman–Crippen LogP) is 3.37. The number of rotatable bonds is 7. The van der Waals surface area contributed by atoms with Crippen molar-refractivity contribution in [2.75, 3.05) is 6.61 Å². The lowest BCUT2D eigenvalue weighted by atomic mass is 9.85. The number of hydrogen-bond donors (Lipinski definition) is 3. The van der Waals surface area contributed by atoms with Crippen LogP contribution in [0.3, 0.4) is 0 Å². The van der Waals surface area contributed by atoms with Gasteiger partial charge in [0.05, 0.1) is 28.2 Å². The number of aliphatic hydroxyl groups is 1. The molecule has 3 aromatic rings. The third-order valence-corrected chi connectivity index (χ3v) is 7.82. The van der Waals surface area contributed by atoms with E-state index in [1.165, 1.54) is 16.7 Å². The molecule has 4 N–H and O–H groups in total. The fourth-order valence-corrected chi connectivity index (χ4v) is 6.01. The lowest BCUT2D eigenvalue weighted by Gasteiger charge is -2.28. The number of hydrogen-bond acceptors (Lipinski definition) is 7. The SMILES string of the molecule is CC(C)Oc1ccc(-c2nnc(-c3cccc4c3CCCC4NS(N)(=O)=CCO)s2)cc1C#N. The zero-order chi connectivity index (χ0) is 24.3. The molecule has 178 valence electrons. The molecule has 2 aromatic carbocycles. The second-order valence-corrected chi connectivity index (χ2v) is 11.2. The van der Waals surface area contributed by atoms with E-state index in [1.54, 1.807) is 12.1 Å². The highest BCUT2D eigenvalue weighted by molar-refractivity contribution is 7.97. The van der Waals surface area contributed by atoms with E-state index in [0.29, 0.717) is 16.3 Å². The first-order chi connectivity index (χ1) is 16.3. The first kappa shape index (κ1) is 24.3. The maximum atomic E-state index is 12.5. The van der Waals surface area contributed by atoms with Gasteiger partial charge in [-0.2, -0.15) is 5.26 Å². The molecular weight excluding hydrogens is 470 g/mol. The molecule has 10 heteroatoms. The first-order valence-corrected chi connectivity index (χ1v) is 13.5. The van der Waals surface area contributed by atoms with Gasteiger partial charge in [-0.05, 0) is 62.4 Å². The van der Waals surface area contributed by atoms with Crippen LogP contribution >= 0.6 is 11.3 Å². The Morgan fingerprint density at radius 3 is 2.88 bits per heavy atom. The van der Waals surface area contributed by atoms with Crippen molar-refractivity contribution in [3.63, 3.8) is 0 Å². The van der Waals surface area contributed by atoms with Crippen LogP contribution in [0.2, 0.25) is 0 Å². The Balaban J connectivity index is 1.67. The summed E-state index contributed by atoms with van der Waals surface area (Å²) < 4.78 is 21.2. The molecule has 0 spiro atoms. The average Bonchev–Trinajstić information content (AvgIpc) is 3.28. The van der Waals surface area contributed by atoms with E-state index < -0.39 is 9.89 Å². The molecule has 1 aromatic heterocycles. The van der Waals surface area contributed by atoms with Crippen LogP contribution in [-0.4, -0.2) is 37.6 Å². The van der Waals surface area contributed by atoms with E-state index in [4.69, 9.17) is 15.0 Å². The summed E-state index contributed by atoms with van der Waals surface area (Å²) in [6.07, 6.45) is 2.55. The van der Waals surface area contributed by atoms with Gasteiger partial charge in [0.15, 0.2) is 0 Å². The van der Waals surface area contributed by atoms with Gasteiger partial charge >= 0.3 is 0 Å². The summed E-state index contributed by atoms with van der Waals surface area (Å²) in [4.78, 5) is 0. The number of benzene rings is 2. The van der Waals surface area contributed by atoms with Crippen LogP contribution in [0.25, 0.3) is 21.1 Å². The van der Waals surface area contributed by atoms with Crippen LogP contribution in [-0.2, 0) is 16.3 Å². The molecule has 1 heterocycles. The van der Waals surface area contributed by atoms with E-state index in [9.17, 15) is 9.47 Å². The average molecular weight is 498 g/mol. The maximum Gasteiger partial charge on any atom is 0.148 e. The normalized spacial score (nSPS) is 17.0. The number of nitrogens with one attached hydrogen (secondary N) is 1. The van der Waals surface area contributed by atoms with E-state index >= 15 is 0 Å². The van der Waals surface area contributed by atoms with Crippen molar-refractivity contribution in [1.82, 2.24) is 14.9 Å². The third kappa shape index (κ3) is 5.29. The number of fused-ring (bicyclic) bond motifs is 1. The number of nitrogens with two attached hydrogens (primary N) is 1. The Labute approximate surface area is 203 Å². The lowest BCUT2D eigenvalue weighted by Crippen LogP contribution is -2.37. The summed E-state index contributed by atoms with van der Waals surface area (Å²) in [7, 11) is -2.94. The molecule has 1 aliphatic carbocycles. The van der Waals surface area contributed by atoms with Crippen LogP contribution in [0, 0.1) is 11.3 Å². The molecule has 0 bridgehead atoms. The minimum atomic E-state index is -2.94. The molecule has 0 saturated carbocycles. The van der Waals surface area contributed by atoms with E-state index in [2.05, 4.69) is 21.0 Å². The predicted molar refractivity (Wildman–Crippen MR) is 136 cm³/mol. The molecule has 0 amide bonds. The van der Waals surface area contributed by atoms with Gasteiger partial charge < -0.3 is 9.84 Å². The Morgan fingerprint density at radius 2 is 2.15 bits per heavy atom. The largest absolute Gasteiger partial charge is 0.490 e. The second kappa shape index (κ2) is 10.2. The number of ether oxygens (including phenoxy) is 1. The Morgan fingerprint density at radius 1 is 1.35 bits per heavy atom. The monoisotopic (exact) mass is 497 g/mol. The van der Waals surface area contributed by atoms with Crippen LogP contribution in [0.15, 0.2) is 36.4 Å². The number of aromatic nitrogens is 2. The van der Waals surface area contributed by atoms with Gasteiger partial charge in [0.25, 0.3) is 0 Å². The molecule has 2 unspecified atom stereocenters. The standard InChI is InChI=1S/C24H27N5O3S2/c1-15(2)32-22-10-9-16(13-17(22)14-25)23-27-28-24(33-23)20-7-3-6-19-18(20)5-4-8-21(19)29-34(26,31)12-11-30/h3,6-7,9-10,12-13,15,21,30H,4-5,8,11H2,1-2H3,(H3,26,29,31). The smallest absolute Gasteiger partial charge is 0.148 e. The van der Waals surface area contributed by atoms with Crippen LogP contribution in [0.1, 0.15) is 49.4 Å². The molecule has 0 radical (unpaired) electrons. The van der Waals surface area contributed by atoms with Crippen molar-refractivity contribution in [2.24, 2.45) is 5.14 Å². The molecular formula is C24H27N5O3S2. The number of nitrogens with zero attached hydrogens (tertiary/aromatic N) is 3. The van der Waals surface area contributed by atoms with Gasteiger partial charge in [0.1, 0.15) is 21.8 Å². The van der Waals surface area contributed by atoms with Crippen molar-refractivity contribution in [2.45, 2.75) is 45.3 Å². The highest BCUT2D eigenvalue weighted by Crippen LogP contribution is 2.39. The van der Waals surface area contributed by atoms with Gasteiger partial charge in [-0.15, -0.1) is 10.2 Å². The zero-order valence-electron chi connectivity index (χ0n) is 19.0. The Kier molecular flexibility index (Phi) is 7.30. The minimum Gasteiger partial charge on any atom is -0.490 e. The zero-order valence-corrected chi connectivity index (χ0v) is 20.7. The van der Waals surface area contributed by atoms with Crippen LogP contribution < -0.4 is 14.6 Å². The highest BCUT2D eigenvalue weighted by atomic mass is 32.2. The van der Waals surface area contributed by atoms with Gasteiger partial charge in [-0.25, -0.2) is 14.1 Å². The molecule has 34 heavy (non-hydrogen) atoms. The molecule has 4 rings (SSSR count).